The first-order valence-electron chi connectivity index (χ1n) is 11.7. The maximum Gasteiger partial charge on any atom is 0.336 e. The van der Waals surface area contributed by atoms with Gasteiger partial charge in [0.2, 0.25) is 0 Å². The van der Waals surface area contributed by atoms with Gasteiger partial charge in [-0.25, -0.2) is 9.48 Å². The van der Waals surface area contributed by atoms with Gasteiger partial charge in [0.05, 0.1) is 26.5 Å². The molecule has 1 aromatic heterocycles. The van der Waals surface area contributed by atoms with Gasteiger partial charge in [-0.2, -0.15) is 4.98 Å². The lowest BCUT2D eigenvalue weighted by atomic mass is 10.2. The summed E-state index contributed by atoms with van der Waals surface area (Å²) < 4.78 is 23.2. The molecule has 0 aliphatic rings. The quantitative estimate of drug-likeness (QED) is 0.277. The minimum atomic E-state index is -0.370. The van der Waals surface area contributed by atoms with Crippen LogP contribution in [-0.4, -0.2) is 54.8 Å². The number of urea groups is 1. The van der Waals surface area contributed by atoms with Gasteiger partial charge in [-0.1, -0.05) is 6.07 Å². The highest BCUT2D eigenvalue weighted by Crippen LogP contribution is 2.26. The zero-order chi connectivity index (χ0) is 26.0. The molecule has 0 fully saturated rings. The van der Waals surface area contributed by atoms with Gasteiger partial charge in [-0.05, 0) is 67.6 Å². The summed E-state index contributed by atoms with van der Waals surface area (Å²) in [7, 11) is 3.19. The van der Waals surface area contributed by atoms with Gasteiger partial charge in [0, 0.05) is 29.6 Å². The molecule has 0 aliphatic carbocycles. The highest BCUT2D eigenvalue weighted by molar-refractivity contribution is 5.99. The van der Waals surface area contributed by atoms with E-state index in [1.807, 2.05) is 49.4 Å². The van der Waals surface area contributed by atoms with E-state index in [1.165, 1.54) is 0 Å². The summed E-state index contributed by atoms with van der Waals surface area (Å²) >= 11 is 0. The van der Waals surface area contributed by atoms with Gasteiger partial charge in [0.15, 0.2) is 5.82 Å². The standard InChI is InChI=1S/C27H29N5O5/c1-4-36-16-17-37-27-30-25(19-8-14-23(34-2)15-9-19)32(31-27)22-12-10-20(11-13-22)28-26(33)29-21-6-5-7-24(18-21)35-3/h5-15,18H,4,16-17H2,1-3H3,(H2,28,29,33). The van der Waals surface area contributed by atoms with Crippen molar-refractivity contribution in [1.82, 2.24) is 14.8 Å². The maximum atomic E-state index is 12.5. The molecule has 2 amide bonds. The summed E-state index contributed by atoms with van der Waals surface area (Å²) in [4.78, 5) is 17.0. The molecule has 192 valence electrons. The molecule has 0 spiro atoms. The summed E-state index contributed by atoms with van der Waals surface area (Å²) in [5.41, 5.74) is 2.82. The first-order valence-corrected chi connectivity index (χ1v) is 11.7. The second-order valence-corrected chi connectivity index (χ2v) is 7.76. The Hall–Kier alpha value is -4.57. The van der Waals surface area contributed by atoms with Crippen molar-refractivity contribution >= 4 is 17.4 Å². The summed E-state index contributed by atoms with van der Waals surface area (Å²) in [5, 5.41) is 10.2. The lowest BCUT2D eigenvalue weighted by Gasteiger charge is -2.10. The SMILES string of the molecule is CCOCCOc1nc(-c2ccc(OC)cc2)n(-c2ccc(NC(=O)Nc3cccc(OC)c3)cc2)n1. The van der Waals surface area contributed by atoms with E-state index < -0.39 is 0 Å². The van der Waals surface area contributed by atoms with E-state index in [4.69, 9.17) is 18.9 Å². The molecule has 4 rings (SSSR count). The summed E-state index contributed by atoms with van der Waals surface area (Å²) in [6.07, 6.45) is 0. The number of hydrogen-bond donors (Lipinski definition) is 2. The number of amides is 2. The Morgan fingerprint density at radius 2 is 1.59 bits per heavy atom. The number of nitrogens with one attached hydrogen (secondary N) is 2. The van der Waals surface area contributed by atoms with Gasteiger partial charge < -0.3 is 29.6 Å². The number of carbonyl (C=O) groups excluding carboxylic acids is 1. The van der Waals surface area contributed by atoms with Crippen molar-refractivity contribution in [3.8, 4) is 34.6 Å². The van der Waals surface area contributed by atoms with Crippen LogP contribution in [0.25, 0.3) is 17.1 Å². The Morgan fingerprint density at radius 1 is 0.865 bits per heavy atom. The fraction of sp³-hybridized carbons (Fsp3) is 0.222. The van der Waals surface area contributed by atoms with E-state index in [2.05, 4.69) is 20.7 Å². The Balaban J connectivity index is 1.51. The molecule has 0 bridgehead atoms. The number of hydrogen-bond acceptors (Lipinski definition) is 7. The number of aromatic nitrogens is 3. The molecule has 0 aliphatic heterocycles. The van der Waals surface area contributed by atoms with E-state index in [-0.39, 0.29) is 12.0 Å². The van der Waals surface area contributed by atoms with Crippen molar-refractivity contribution in [3.05, 3.63) is 72.8 Å². The first kappa shape index (κ1) is 25.5. The molecule has 10 heteroatoms. The van der Waals surface area contributed by atoms with Crippen LogP contribution >= 0.6 is 0 Å². The summed E-state index contributed by atoms with van der Waals surface area (Å²) in [6, 6.07) is 21.8. The lowest BCUT2D eigenvalue weighted by Crippen LogP contribution is -2.19. The second-order valence-electron chi connectivity index (χ2n) is 7.76. The third kappa shape index (κ3) is 6.77. The average Bonchev–Trinajstić information content (AvgIpc) is 3.36. The van der Waals surface area contributed by atoms with Crippen molar-refractivity contribution in [2.75, 3.05) is 44.7 Å². The van der Waals surface area contributed by atoms with Crippen LogP contribution in [0.3, 0.4) is 0 Å². The monoisotopic (exact) mass is 503 g/mol. The molecule has 0 saturated carbocycles. The molecular formula is C27H29N5O5. The number of methoxy groups -OCH3 is 2. The van der Waals surface area contributed by atoms with E-state index >= 15 is 0 Å². The zero-order valence-electron chi connectivity index (χ0n) is 20.9. The minimum absolute atomic E-state index is 0.241. The van der Waals surface area contributed by atoms with Crippen LogP contribution in [0, 0.1) is 0 Å². The van der Waals surface area contributed by atoms with Crippen molar-refractivity contribution in [2.24, 2.45) is 0 Å². The molecule has 0 saturated heterocycles. The molecule has 0 unspecified atom stereocenters. The van der Waals surface area contributed by atoms with Gasteiger partial charge in [-0.3, -0.25) is 0 Å². The molecule has 10 nitrogen and oxygen atoms in total. The first-order chi connectivity index (χ1) is 18.1. The van der Waals surface area contributed by atoms with Crippen molar-refractivity contribution in [2.45, 2.75) is 6.92 Å². The number of ether oxygens (including phenoxy) is 4. The molecule has 37 heavy (non-hydrogen) atoms. The highest BCUT2D eigenvalue weighted by Gasteiger charge is 2.15. The predicted molar refractivity (Wildman–Crippen MR) is 141 cm³/mol. The third-order valence-corrected chi connectivity index (χ3v) is 5.30. The molecule has 0 atom stereocenters. The van der Waals surface area contributed by atoms with E-state index in [1.54, 1.807) is 49.2 Å². The van der Waals surface area contributed by atoms with Crippen LogP contribution in [0.2, 0.25) is 0 Å². The number of nitrogens with zero attached hydrogens (tertiary/aromatic N) is 3. The number of benzene rings is 3. The molecule has 0 radical (unpaired) electrons. The molecular weight excluding hydrogens is 474 g/mol. The van der Waals surface area contributed by atoms with Crippen LogP contribution in [0.1, 0.15) is 6.92 Å². The van der Waals surface area contributed by atoms with Gasteiger partial charge in [-0.15, -0.1) is 5.10 Å². The fourth-order valence-corrected chi connectivity index (χ4v) is 3.48. The lowest BCUT2D eigenvalue weighted by molar-refractivity contribution is 0.106. The van der Waals surface area contributed by atoms with Gasteiger partial charge in [0.1, 0.15) is 18.1 Å². The van der Waals surface area contributed by atoms with Crippen molar-refractivity contribution in [1.29, 1.82) is 0 Å². The van der Waals surface area contributed by atoms with Crippen LogP contribution < -0.4 is 24.8 Å². The van der Waals surface area contributed by atoms with Crippen LogP contribution in [0.5, 0.6) is 17.5 Å². The molecule has 1 heterocycles. The zero-order valence-corrected chi connectivity index (χ0v) is 20.9. The minimum Gasteiger partial charge on any atom is -0.497 e. The Morgan fingerprint density at radius 3 is 2.30 bits per heavy atom. The largest absolute Gasteiger partial charge is 0.497 e. The molecule has 3 aromatic carbocycles. The van der Waals surface area contributed by atoms with E-state index in [0.717, 1.165) is 17.0 Å². The third-order valence-electron chi connectivity index (χ3n) is 5.30. The molecule has 4 aromatic rings. The van der Waals surface area contributed by atoms with Gasteiger partial charge in [0.25, 0.3) is 0 Å². The summed E-state index contributed by atoms with van der Waals surface area (Å²) in [6.45, 7) is 3.32. The topological polar surface area (TPSA) is 109 Å². The smallest absolute Gasteiger partial charge is 0.336 e. The normalized spacial score (nSPS) is 10.6. The predicted octanol–water partition coefficient (Wildman–Crippen LogP) is 5.01. The van der Waals surface area contributed by atoms with Crippen molar-refractivity contribution < 1.29 is 23.7 Å². The van der Waals surface area contributed by atoms with E-state index in [9.17, 15) is 4.79 Å². The number of rotatable bonds is 11. The average molecular weight is 504 g/mol. The van der Waals surface area contributed by atoms with Crippen LogP contribution in [0.15, 0.2) is 72.8 Å². The highest BCUT2D eigenvalue weighted by atomic mass is 16.5. The maximum absolute atomic E-state index is 12.5. The number of anilines is 2. The Kier molecular flexibility index (Phi) is 8.56. The van der Waals surface area contributed by atoms with Crippen LogP contribution in [-0.2, 0) is 4.74 Å². The Bertz CT molecular complexity index is 1310. The Labute approximate surface area is 215 Å². The van der Waals surface area contributed by atoms with Crippen molar-refractivity contribution in [3.63, 3.8) is 0 Å². The van der Waals surface area contributed by atoms with Crippen LogP contribution in [0.4, 0.5) is 16.2 Å². The van der Waals surface area contributed by atoms with E-state index in [0.29, 0.717) is 42.8 Å². The summed E-state index contributed by atoms with van der Waals surface area (Å²) in [5.74, 6) is 2.00. The van der Waals surface area contributed by atoms with Gasteiger partial charge >= 0.3 is 12.0 Å². The number of carbonyl (C=O) groups is 1. The fourth-order valence-electron chi connectivity index (χ4n) is 3.48. The molecule has 2 N–H and O–H groups in total. The second kappa shape index (κ2) is 12.4.